The number of ether oxygens (including phenoxy) is 3. The fourth-order valence-corrected chi connectivity index (χ4v) is 3.12. The summed E-state index contributed by atoms with van der Waals surface area (Å²) in [5.74, 6) is -0.273. The van der Waals surface area contributed by atoms with E-state index in [1.54, 1.807) is 24.3 Å². The maximum absolute atomic E-state index is 12.5. The van der Waals surface area contributed by atoms with E-state index in [2.05, 4.69) is 0 Å². The average molecular weight is 439 g/mol. The van der Waals surface area contributed by atoms with Crippen molar-refractivity contribution in [2.75, 3.05) is 13.2 Å². The monoisotopic (exact) mass is 438 g/mol. The highest BCUT2D eigenvalue weighted by Crippen LogP contribution is 2.37. The third-order valence-electron chi connectivity index (χ3n) is 4.48. The van der Waals surface area contributed by atoms with Crippen molar-refractivity contribution in [3.63, 3.8) is 0 Å². The number of rotatable bonds is 9. The van der Waals surface area contributed by atoms with Crippen LogP contribution in [0.15, 0.2) is 66.7 Å². The maximum atomic E-state index is 12.5. The van der Waals surface area contributed by atoms with E-state index < -0.39 is 5.97 Å². The molecule has 0 spiro atoms. The number of ketones is 1. The van der Waals surface area contributed by atoms with Crippen LogP contribution in [0.5, 0.6) is 11.5 Å². The first-order valence-corrected chi connectivity index (χ1v) is 10.3. The molecule has 0 fully saturated rings. The number of benzene rings is 3. The molecule has 0 N–H and O–H groups in total. The molecule has 160 valence electrons. The van der Waals surface area contributed by atoms with Gasteiger partial charge in [0.1, 0.15) is 6.61 Å². The summed E-state index contributed by atoms with van der Waals surface area (Å²) >= 11 is 6.38. The Hall–Kier alpha value is -3.31. The van der Waals surface area contributed by atoms with Gasteiger partial charge in [0.15, 0.2) is 23.9 Å². The Balaban J connectivity index is 1.71. The zero-order valence-electron chi connectivity index (χ0n) is 17.4. The van der Waals surface area contributed by atoms with Crippen LogP contribution < -0.4 is 9.47 Å². The largest absolute Gasteiger partial charge is 0.490 e. The van der Waals surface area contributed by atoms with Gasteiger partial charge in [-0.3, -0.25) is 4.79 Å². The summed E-state index contributed by atoms with van der Waals surface area (Å²) in [5.41, 5.74) is 2.79. The second kappa shape index (κ2) is 10.6. The zero-order valence-corrected chi connectivity index (χ0v) is 18.1. The number of aryl methyl sites for hydroxylation is 1. The molecular formula is C25H23ClO5. The standard InChI is InChI=1S/C25H23ClO5/c1-3-29-23-14-20(25(28)31-16-22(27)19-7-5-4-6-8-19)13-21(26)24(23)30-15-18-11-9-17(2)10-12-18/h4-14H,3,15-16H2,1-2H3. The lowest BCUT2D eigenvalue weighted by atomic mass is 10.1. The van der Waals surface area contributed by atoms with E-state index >= 15 is 0 Å². The van der Waals surface area contributed by atoms with E-state index in [1.165, 1.54) is 12.1 Å². The van der Waals surface area contributed by atoms with Crippen LogP contribution in [0, 0.1) is 6.92 Å². The lowest BCUT2D eigenvalue weighted by Crippen LogP contribution is -2.14. The molecule has 0 aliphatic heterocycles. The fourth-order valence-electron chi connectivity index (χ4n) is 2.85. The van der Waals surface area contributed by atoms with Crippen LogP contribution in [0.3, 0.4) is 0 Å². The number of hydrogen-bond acceptors (Lipinski definition) is 5. The molecule has 0 aromatic heterocycles. The molecule has 0 aliphatic carbocycles. The summed E-state index contributed by atoms with van der Waals surface area (Å²) in [6.45, 7) is 4.13. The van der Waals surface area contributed by atoms with Gasteiger partial charge in [-0.15, -0.1) is 0 Å². The molecule has 0 bridgehead atoms. The Morgan fingerprint density at radius 2 is 1.61 bits per heavy atom. The van der Waals surface area contributed by atoms with Crippen molar-refractivity contribution in [2.24, 2.45) is 0 Å². The van der Waals surface area contributed by atoms with Crippen LogP contribution in [-0.2, 0) is 11.3 Å². The van der Waals surface area contributed by atoms with E-state index in [9.17, 15) is 9.59 Å². The van der Waals surface area contributed by atoms with E-state index in [0.717, 1.165) is 11.1 Å². The summed E-state index contributed by atoms with van der Waals surface area (Å²) in [4.78, 5) is 24.6. The first-order chi connectivity index (χ1) is 15.0. The Kier molecular flexibility index (Phi) is 7.68. The lowest BCUT2D eigenvalue weighted by Gasteiger charge is -2.15. The van der Waals surface area contributed by atoms with E-state index in [1.807, 2.05) is 44.2 Å². The number of Topliss-reactive ketones (excluding diaryl/α,β-unsaturated/α-hetero) is 1. The smallest absolute Gasteiger partial charge is 0.338 e. The van der Waals surface area contributed by atoms with Crippen LogP contribution in [0.1, 0.15) is 38.8 Å². The van der Waals surface area contributed by atoms with Gasteiger partial charge in [0.2, 0.25) is 0 Å². The van der Waals surface area contributed by atoms with Crippen molar-refractivity contribution in [1.29, 1.82) is 0 Å². The van der Waals surface area contributed by atoms with E-state index in [4.69, 9.17) is 25.8 Å². The van der Waals surface area contributed by atoms with Crippen LogP contribution in [0.4, 0.5) is 0 Å². The molecule has 0 saturated heterocycles. The Labute approximate surface area is 186 Å². The van der Waals surface area contributed by atoms with Crippen molar-refractivity contribution < 1.29 is 23.8 Å². The van der Waals surface area contributed by atoms with Crippen molar-refractivity contribution >= 4 is 23.4 Å². The number of halogens is 1. The highest BCUT2D eigenvalue weighted by molar-refractivity contribution is 6.32. The molecule has 6 heteroatoms. The Morgan fingerprint density at radius 3 is 2.29 bits per heavy atom. The Morgan fingerprint density at radius 1 is 0.903 bits per heavy atom. The van der Waals surface area contributed by atoms with Crippen LogP contribution in [0.2, 0.25) is 5.02 Å². The van der Waals surface area contributed by atoms with Gasteiger partial charge in [0.05, 0.1) is 17.2 Å². The molecule has 3 aromatic carbocycles. The third kappa shape index (κ3) is 6.09. The lowest BCUT2D eigenvalue weighted by molar-refractivity contribution is 0.0474. The molecule has 0 unspecified atom stereocenters. The SMILES string of the molecule is CCOc1cc(C(=O)OCC(=O)c2ccccc2)cc(Cl)c1OCc1ccc(C)cc1. The molecule has 0 saturated carbocycles. The highest BCUT2D eigenvalue weighted by atomic mass is 35.5. The van der Waals surface area contributed by atoms with Gasteiger partial charge >= 0.3 is 5.97 Å². The molecule has 5 nitrogen and oxygen atoms in total. The average Bonchev–Trinajstić information content (AvgIpc) is 2.78. The van der Waals surface area contributed by atoms with Gasteiger partial charge in [0, 0.05) is 5.56 Å². The Bertz CT molecular complexity index is 1050. The first kappa shape index (κ1) is 22.4. The van der Waals surface area contributed by atoms with Gasteiger partial charge in [0.25, 0.3) is 0 Å². The van der Waals surface area contributed by atoms with Gasteiger partial charge in [-0.2, -0.15) is 0 Å². The second-order valence-electron chi connectivity index (χ2n) is 6.86. The van der Waals surface area contributed by atoms with E-state index in [0.29, 0.717) is 30.3 Å². The first-order valence-electron chi connectivity index (χ1n) is 9.88. The summed E-state index contributed by atoms with van der Waals surface area (Å²) in [6, 6.07) is 19.5. The minimum atomic E-state index is -0.669. The van der Waals surface area contributed by atoms with Crippen LogP contribution in [0.25, 0.3) is 0 Å². The van der Waals surface area contributed by atoms with Crippen molar-refractivity contribution in [3.05, 3.63) is 94.0 Å². The maximum Gasteiger partial charge on any atom is 0.338 e. The summed E-state index contributed by atoms with van der Waals surface area (Å²) in [5, 5.41) is 0.222. The molecule has 3 aromatic rings. The summed E-state index contributed by atoms with van der Waals surface area (Å²) in [6.07, 6.45) is 0. The molecule has 0 radical (unpaired) electrons. The predicted octanol–water partition coefficient (Wildman–Crippen LogP) is 5.67. The van der Waals surface area contributed by atoms with Gasteiger partial charge in [-0.05, 0) is 31.5 Å². The molecule has 0 heterocycles. The second-order valence-corrected chi connectivity index (χ2v) is 7.27. The number of esters is 1. The normalized spacial score (nSPS) is 10.4. The molecule has 0 atom stereocenters. The molecule has 31 heavy (non-hydrogen) atoms. The van der Waals surface area contributed by atoms with Crippen LogP contribution in [-0.4, -0.2) is 25.0 Å². The van der Waals surface area contributed by atoms with Crippen molar-refractivity contribution in [3.8, 4) is 11.5 Å². The van der Waals surface area contributed by atoms with E-state index in [-0.39, 0.29) is 23.0 Å². The van der Waals surface area contributed by atoms with Gasteiger partial charge in [-0.1, -0.05) is 71.8 Å². The molecule has 0 amide bonds. The zero-order chi connectivity index (χ0) is 22.2. The van der Waals surface area contributed by atoms with Crippen molar-refractivity contribution in [2.45, 2.75) is 20.5 Å². The number of carbonyl (C=O) groups excluding carboxylic acids is 2. The molecule has 3 rings (SSSR count). The minimum absolute atomic E-state index is 0.178. The van der Waals surface area contributed by atoms with Crippen molar-refractivity contribution in [1.82, 2.24) is 0 Å². The fraction of sp³-hybridized carbons (Fsp3) is 0.200. The quantitative estimate of drug-likeness (QED) is 0.318. The van der Waals surface area contributed by atoms with Gasteiger partial charge in [-0.25, -0.2) is 4.79 Å². The summed E-state index contributed by atoms with van der Waals surface area (Å²) < 4.78 is 16.7. The minimum Gasteiger partial charge on any atom is -0.490 e. The number of hydrogen-bond donors (Lipinski definition) is 0. The predicted molar refractivity (Wildman–Crippen MR) is 119 cm³/mol. The molecule has 0 aliphatic rings. The topological polar surface area (TPSA) is 61.8 Å². The molecular weight excluding hydrogens is 416 g/mol. The van der Waals surface area contributed by atoms with Gasteiger partial charge < -0.3 is 14.2 Å². The number of carbonyl (C=O) groups is 2. The third-order valence-corrected chi connectivity index (χ3v) is 4.76. The summed E-state index contributed by atoms with van der Waals surface area (Å²) in [7, 11) is 0. The highest BCUT2D eigenvalue weighted by Gasteiger charge is 2.18. The van der Waals surface area contributed by atoms with Crippen LogP contribution >= 0.6 is 11.6 Å².